The fourth-order valence-electron chi connectivity index (χ4n) is 2.09. The Morgan fingerprint density at radius 1 is 0.952 bits per heavy atom. The van der Waals surface area contributed by atoms with E-state index in [2.05, 4.69) is 0 Å². The fourth-order valence-corrected chi connectivity index (χ4v) is 2.09. The van der Waals surface area contributed by atoms with Crippen LogP contribution >= 0.6 is 0 Å². The molecule has 21 heavy (non-hydrogen) atoms. The van der Waals surface area contributed by atoms with Gasteiger partial charge < -0.3 is 23.7 Å². The second-order valence-electron chi connectivity index (χ2n) is 5.33. The Balaban J connectivity index is 1.42. The van der Waals surface area contributed by atoms with Gasteiger partial charge in [0.25, 0.3) is 0 Å². The van der Waals surface area contributed by atoms with Gasteiger partial charge in [-0.05, 0) is 12.2 Å². The molecule has 3 saturated heterocycles. The van der Waals surface area contributed by atoms with Gasteiger partial charge in [0.15, 0.2) is 0 Å². The third kappa shape index (κ3) is 2.99. The summed E-state index contributed by atoms with van der Waals surface area (Å²) in [6, 6.07) is 0. The SMILES string of the molecule is O=C(OCC1CO1)C1=CC2OC2C=C1C(=O)OCC1CO1. The molecule has 0 N–H and O–H groups in total. The molecule has 0 amide bonds. The van der Waals surface area contributed by atoms with E-state index in [1.54, 1.807) is 12.2 Å². The summed E-state index contributed by atoms with van der Waals surface area (Å²) in [4.78, 5) is 24.2. The van der Waals surface area contributed by atoms with Gasteiger partial charge in [-0.2, -0.15) is 0 Å². The monoisotopic (exact) mass is 294 g/mol. The van der Waals surface area contributed by atoms with Gasteiger partial charge in [-0.1, -0.05) is 0 Å². The molecule has 112 valence electrons. The van der Waals surface area contributed by atoms with E-state index in [0.717, 1.165) is 0 Å². The van der Waals surface area contributed by atoms with Crippen LogP contribution in [0.4, 0.5) is 0 Å². The van der Waals surface area contributed by atoms with Crippen molar-refractivity contribution >= 4 is 11.9 Å². The first-order valence-corrected chi connectivity index (χ1v) is 6.87. The number of hydrogen-bond donors (Lipinski definition) is 0. The van der Waals surface area contributed by atoms with E-state index in [1.807, 2.05) is 0 Å². The highest BCUT2D eigenvalue weighted by Crippen LogP contribution is 2.35. The summed E-state index contributed by atoms with van der Waals surface area (Å²) >= 11 is 0. The molecule has 4 atom stereocenters. The van der Waals surface area contributed by atoms with Crippen molar-refractivity contribution < 1.29 is 33.3 Å². The molecule has 4 aliphatic rings. The number of epoxide rings is 3. The highest BCUT2D eigenvalue weighted by molar-refractivity contribution is 6.07. The molecular weight excluding hydrogens is 280 g/mol. The number of ether oxygens (including phenoxy) is 5. The topological polar surface area (TPSA) is 90.2 Å². The van der Waals surface area contributed by atoms with Crippen molar-refractivity contribution in [2.24, 2.45) is 0 Å². The van der Waals surface area contributed by atoms with Crippen LogP contribution in [0.1, 0.15) is 0 Å². The van der Waals surface area contributed by atoms with E-state index in [4.69, 9.17) is 23.7 Å². The van der Waals surface area contributed by atoms with E-state index in [1.165, 1.54) is 0 Å². The molecule has 0 aromatic carbocycles. The molecule has 3 fully saturated rings. The van der Waals surface area contributed by atoms with Gasteiger partial charge in [-0.15, -0.1) is 0 Å². The van der Waals surface area contributed by atoms with Crippen LogP contribution < -0.4 is 0 Å². The Morgan fingerprint density at radius 3 is 1.76 bits per heavy atom. The minimum Gasteiger partial charge on any atom is -0.459 e. The average molecular weight is 294 g/mol. The first-order valence-electron chi connectivity index (χ1n) is 6.87. The largest absolute Gasteiger partial charge is 0.459 e. The van der Waals surface area contributed by atoms with Crippen LogP contribution in [0.5, 0.6) is 0 Å². The smallest absolute Gasteiger partial charge is 0.338 e. The maximum Gasteiger partial charge on any atom is 0.338 e. The number of carbonyl (C=O) groups excluding carboxylic acids is 2. The molecule has 4 rings (SSSR count). The van der Waals surface area contributed by atoms with Crippen molar-refractivity contribution in [3.05, 3.63) is 23.3 Å². The quantitative estimate of drug-likeness (QED) is 0.482. The summed E-state index contributed by atoms with van der Waals surface area (Å²) in [6.07, 6.45) is 2.90. The van der Waals surface area contributed by atoms with Crippen molar-refractivity contribution in [1.82, 2.24) is 0 Å². The molecule has 0 radical (unpaired) electrons. The number of hydrogen-bond acceptors (Lipinski definition) is 7. The fraction of sp³-hybridized carbons (Fsp3) is 0.571. The Hall–Kier alpha value is -1.70. The van der Waals surface area contributed by atoms with Crippen molar-refractivity contribution in [3.63, 3.8) is 0 Å². The lowest BCUT2D eigenvalue weighted by molar-refractivity contribution is -0.143. The maximum absolute atomic E-state index is 12.1. The molecule has 7 heteroatoms. The van der Waals surface area contributed by atoms with Crippen LogP contribution in [0.15, 0.2) is 23.3 Å². The number of fused-ring (bicyclic) bond motifs is 1. The molecule has 4 unspecified atom stereocenters. The zero-order chi connectivity index (χ0) is 14.4. The standard InChI is InChI=1S/C14H14O7/c15-13(19-5-7-3-17-7)9-1-11-12(21-11)2-10(9)14(16)20-6-8-4-18-8/h1-2,7-8,11-12H,3-6H2. The number of carbonyl (C=O) groups is 2. The Kier molecular flexibility index (Phi) is 3.06. The lowest BCUT2D eigenvalue weighted by atomic mass is 9.98. The van der Waals surface area contributed by atoms with Gasteiger partial charge in [0.05, 0.1) is 24.4 Å². The number of esters is 2. The molecule has 1 aliphatic carbocycles. The number of rotatable bonds is 6. The van der Waals surface area contributed by atoms with E-state index in [9.17, 15) is 9.59 Å². The molecule has 0 saturated carbocycles. The van der Waals surface area contributed by atoms with Crippen LogP contribution in [-0.4, -0.2) is 62.8 Å². The zero-order valence-corrected chi connectivity index (χ0v) is 11.2. The third-order valence-electron chi connectivity index (χ3n) is 3.56. The third-order valence-corrected chi connectivity index (χ3v) is 3.56. The van der Waals surface area contributed by atoms with Gasteiger partial charge in [-0.25, -0.2) is 9.59 Å². The van der Waals surface area contributed by atoms with Gasteiger partial charge in [0, 0.05) is 0 Å². The molecule has 3 heterocycles. The lowest BCUT2D eigenvalue weighted by Gasteiger charge is -2.12. The van der Waals surface area contributed by atoms with Crippen LogP contribution in [0.25, 0.3) is 0 Å². The van der Waals surface area contributed by atoms with Crippen molar-refractivity contribution in [1.29, 1.82) is 0 Å². The van der Waals surface area contributed by atoms with Gasteiger partial charge in [-0.3, -0.25) is 0 Å². The second kappa shape index (κ2) is 4.94. The van der Waals surface area contributed by atoms with E-state index in [-0.39, 0.29) is 48.8 Å². The molecular formula is C14H14O7. The van der Waals surface area contributed by atoms with Crippen LogP contribution in [0.2, 0.25) is 0 Å². The Labute approximate surface area is 120 Å². The summed E-state index contributed by atoms with van der Waals surface area (Å²) in [7, 11) is 0. The highest BCUT2D eigenvalue weighted by Gasteiger charge is 2.43. The zero-order valence-electron chi connectivity index (χ0n) is 11.2. The summed E-state index contributed by atoms with van der Waals surface area (Å²) in [6.45, 7) is 1.60. The molecule has 0 spiro atoms. The summed E-state index contributed by atoms with van der Waals surface area (Å²) in [5, 5.41) is 0. The Bertz CT molecular complexity index is 494. The van der Waals surface area contributed by atoms with Gasteiger partial charge in [0.2, 0.25) is 0 Å². The van der Waals surface area contributed by atoms with E-state index >= 15 is 0 Å². The summed E-state index contributed by atoms with van der Waals surface area (Å²) < 4.78 is 25.5. The normalized spacial score (nSPS) is 35.0. The average Bonchev–Trinajstić information content (AvgIpc) is 3.37. The van der Waals surface area contributed by atoms with E-state index < -0.39 is 11.9 Å². The van der Waals surface area contributed by atoms with Gasteiger partial charge >= 0.3 is 11.9 Å². The first kappa shape index (κ1) is 13.0. The van der Waals surface area contributed by atoms with Crippen molar-refractivity contribution in [2.45, 2.75) is 24.4 Å². The predicted octanol–water partition coefficient (Wildman–Crippen LogP) is -0.496. The van der Waals surface area contributed by atoms with Crippen molar-refractivity contribution in [2.75, 3.05) is 26.4 Å². The molecule has 3 aliphatic heterocycles. The van der Waals surface area contributed by atoms with Crippen LogP contribution in [-0.2, 0) is 33.3 Å². The highest BCUT2D eigenvalue weighted by atomic mass is 16.6. The lowest BCUT2D eigenvalue weighted by Crippen LogP contribution is -2.22. The van der Waals surface area contributed by atoms with Crippen LogP contribution in [0, 0.1) is 0 Å². The predicted molar refractivity (Wildman–Crippen MR) is 66.2 cm³/mol. The summed E-state index contributed by atoms with van der Waals surface area (Å²) in [5.74, 6) is -1.10. The molecule has 0 aromatic heterocycles. The van der Waals surface area contributed by atoms with Gasteiger partial charge in [0.1, 0.15) is 37.6 Å². The second-order valence-corrected chi connectivity index (χ2v) is 5.33. The molecule has 0 bridgehead atoms. The minimum absolute atomic E-state index is 0.0190. The maximum atomic E-state index is 12.1. The first-order chi connectivity index (χ1) is 10.2. The van der Waals surface area contributed by atoms with Crippen molar-refractivity contribution in [3.8, 4) is 0 Å². The Morgan fingerprint density at radius 2 is 1.38 bits per heavy atom. The minimum atomic E-state index is -0.551. The van der Waals surface area contributed by atoms with E-state index in [0.29, 0.717) is 13.2 Å². The molecule has 7 nitrogen and oxygen atoms in total. The van der Waals surface area contributed by atoms with Crippen LogP contribution in [0.3, 0.4) is 0 Å². The molecule has 0 aromatic rings. The summed E-state index contributed by atoms with van der Waals surface area (Å²) in [5.41, 5.74) is 0.409.